The minimum absolute atomic E-state index is 0.0235. The molecule has 0 fully saturated rings. The van der Waals surface area contributed by atoms with Gasteiger partial charge in [0.05, 0.1) is 12.3 Å². The van der Waals surface area contributed by atoms with Crippen molar-refractivity contribution in [3.05, 3.63) is 53.1 Å². The molecule has 0 saturated carbocycles. The molecule has 2 aromatic rings. The molecule has 7 heteroatoms. The molecule has 0 aliphatic heterocycles. The van der Waals surface area contributed by atoms with Crippen molar-refractivity contribution in [2.45, 2.75) is 6.61 Å². The Hall–Kier alpha value is -2.18. The van der Waals surface area contributed by atoms with Gasteiger partial charge in [0.25, 0.3) is 0 Å². The van der Waals surface area contributed by atoms with Crippen LogP contribution < -0.4 is 10.6 Å². The Labute approximate surface area is 119 Å². The Balaban J connectivity index is 2.11. The van der Waals surface area contributed by atoms with Crippen LogP contribution in [0.3, 0.4) is 0 Å². The molecule has 20 heavy (non-hydrogen) atoms. The average Bonchev–Trinajstić information content (AvgIpc) is 2.38. The molecular weight excluding hydrogens is 285 g/mol. The number of hydrogen-bond acceptors (Lipinski definition) is 3. The van der Waals surface area contributed by atoms with Gasteiger partial charge >= 0.3 is 6.03 Å². The van der Waals surface area contributed by atoms with E-state index in [2.05, 4.69) is 15.6 Å². The number of hydrogen-bond donors (Lipinski definition) is 3. The molecule has 2 amide bonds. The van der Waals surface area contributed by atoms with E-state index in [1.165, 1.54) is 30.5 Å². The fourth-order valence-electron chi connectivity index (χ4n) is 1.60. The number of aliphatic hydroxyl groups is 1. The second-order valence-corrected chi connectivity index (χ2v) is 4.26. The molecule has 0 saturated heterocycles. The van der Waals surface area contributed by atoms with E-state index < -0.39 is 18.5 Å². The Morgan fingerprint density at radius 3 is 2.85 bits per heavy atom. The lowest BCUT2D eigenvalue weighted by Crippen LogP contribution is -2.20. The van der Waals surface area contributed by atoms with E-state index in [0.29, 0.717) is 5.69 Å². The van der Waals surface area contributed by atoms with E-state index in [4.69, 9.17) is 16.7 Å². The van der Waals surface area contributed by atoms with Crippen LogP contribution in [0.2, 0.25) is 5.15 Å². The van der Waals surface area contributed by atoms with Gasteiger partial charge in [-0.15, -0.1) is 0 Å². The second-order valence-electron chi connectivity index (χ2n) is 3.87. The van der Waals surface area contributed by atoms with Crippen molar-refractivity contribution in [3.63, 3.8) is 0 Å². The van der Waals surface area contributed by atoms with Crippen molar-refractivity contribution in [2.24, 2.45) is 0 Å². The van der Waals surface area contributed by atoms with E-state index in [1.807, 2.05) is 0 Å². The average molecular weight is 296 g/mol. The highest BCUT2D eigenvalue weighted by Crippen LogP contribution is 2.19. The van der Waals surface area contributed by atoms with Gasteiger partial charge in [-0.2, -0.15) is 0 Å². The monoisotopic (exact) mass is 295 g/mol. The molecule has 1 aromatic heterocycles. The lowest BCUT2D eigenvalue weighted by Gasteiger charge is -2.11. The Morgan fingerprint density at radius 2 is 2.15 bits per heavy atom. The molecule has 1 aromatic carbocycles. The van der Waals surface area contributed by atoms with Crippen LogP contribution in [-0.4, -0.2) is 16.1 Å². The van der Waals surface area contributed by atoms with Crippen molar-refractivity contribution in [1.82, 2.24) is 4.98 Å². The molecule has 0 aliphatic rings. The van der Waals surface area contributed by atoms with E-state index in [9.17, 15) is 9.18 Å². The number of halogens is 2. The number of amides is 2. The van der Waals surface area contributed by atoms with E-state index in [-0.39, 0.29) is 16.4 Å². The van der Waals surface area contributed by atoms with Gasteiger partial charge in [0.1, 0.15) is 11.0 Å². The molecule has 0 radical (unpaired) electrons. The maximum absolute atomic E-state index is 13.4. The first-order chi connectivity index (χ1) is 9.60. The number of benzene rings is 1. The predicted molar refractivity (Wildman–Crippen MR) is 74.2 cm³/mol. The number of carbonyl (C=O) groups excluding carboxylic acids is 1. The third kappa shape index (κ3) is 3.43. The topological polar surface area (TPSA) is 74.2 Å². The highest BCUT2D eigenvalue weighted by Gasteiger charge is 2.10. The highest BCUT2D eigenvalue weighted by molar-refractivity contribution is 6.29. The summed E-state index contributed by atoms with van der Waals surface area (Å²) < 4.78 is 13.4. The molecule has 3 N–H and O–H groups in total. The normalized spacial score (nSPS) is 10.2. The Bertz CT molecular complexity index is 637. The van der Waals surface area contributed by atoms with Crippen LogP contribution in [-0.2, 0) is 6.61 Å². The first-order valence-corrected chi connectivity index (χ1v) is 6.06. The zero-order chi connectivity index (χ0) is 14.5. The van der Waals surface area contributed by atoms with Gasteiger partial charge in [-0.1, -0.05) is 17.7 Å². The van der Waals surface area contributed by atoms with Crippen molar-refractivity contribution >= 4 is 29.0 Å². The number of urea groups is 1. The SMILES string of the molecule is O=C(Nc1ccnc(Cl)c1)Nc1cccc(F)c1CO. The number of aliphatic hydroxyl groups excluding tert-OH is 1. The summed E-state index contributed by atoms with van der Waals surface area (Å²) in [6.07, 6.45) is 1.44. The van der Waals surface area contributed by atoms with Gasteiger partial charge in [0.2, 0.25) is 0 Å². The fraction of sp³-hybridized carbons (Fsp3) is 0.0769. The molecule has 0 unspecified atom stereocenters. The number of carbonyl (C=O) groups is 1. The van der Waals surface area contributed by atoms with E-state index >= 15 is 0 Å². The molecule has 0 aliphatic carbocycles. The van der Waals surface area contributed by atoms with Crippen LogP contribution in [0.25, 0.3) is 0 Å². The van der Waals surface area contributed by atoms with Crippen LogP contribution in [0.1, 0.15) is 5.56 Å². The van der Waals surface area contributed by atoms with Crippen molar-refractivity contribution in [3.8, 4) is 0 Å². The molecule has 0 atom stereocenters. The van der Waals surface area contributed by atoms with Crippen LogP contribution in [0, 0.1) is 5.82 Å². The summed E-state index contributed by atoms with van der Waals surface area (Å²) in [6, 6.07) is 6.59. The zero-order valence-electron chi connectivity index (χ0n) is 10.2. The number of aromatic nitrogens is 1. The van der Waals surface area contributed by atoms with E-state index in [0.717, 1.165) is 0 Å². The minimum Gasteiger partial charge on any atom is -0.391 e. The number of pyridine rings is 1. The first kappa shape index (κ1) is 14.2. The third-order valence-corrected chi connectivity index (χ3v) is 2.72. The van der Waals surface area contributed by atoms with Gasteiger partial charge in [-0.05, 0) is 24.3 Å². The van der Waals surface area contributed by atoms with Gasteiger partial charge in [0.15, 0.2) is 0 Å². The lowest BCUT2D eigenvalue weighted by molar-refractivity contribution is 0.261. The summed E-state index contributed by atoms with van der Waals surface area (Å²) in [5.74, 6) is -0.586. The van der Waals surface area contributed by atoms with Crippen LogP contribution in [0.4, 0.5) is 20.6 Å². The standard InChI is InChI=1S/C13H11ClFN3O2/c14-12-6-8(4-5-16-12)17-13(20)18-11-3-1-2-10(15)9(11)7-19/h1-6,19H,7H2,(H2,16,17,18,20). The van der Waals surface area contributed by atoms with Gasteiger partial charge < -0.3 is 15.7 Å². The highest BCUT2D eigenvalue weighted by atomic mass is 35.5. The van der Waals surface area contributed by atoms with Gasteiger partial charge in [0, 0.05) is 17.4 Å². The smallest absolute Gasteiger partial charge is 0.323 e. The molecule has 2 rings (SSSR count). The Morgan fingerprint density at radius 1 is 1.35 bits per heavy atom. The van der Waals surface area contributed by atoms with Crippen LogP contribution in [0.5, 0.6) is 0 Å². The number of nitrogens with one attached hydrogen (secondary N) is 2. The summed E-state index contributed by atoms with van der Waals surface area (Å²) in [5, 5.41) is 14.3. The third-order valence-electron chi connectivity index (χ3n) is 2.51. The maximum atomic E-state index is 13.4. The maximum Gasteiger partial charge on any atom is 0.323 e. The molecule has 5 nitrogen and oxygen atoms in total. The van der Waals surface area contributed by atoms with Crippen LogP contribution in [0.15, 0.2) is 36.5 Å². The second kappa shape index (κ2) is 6.31. The first-order valence-electron chi connectivity index (χ1n) is 5.68. The predicted octanol–water partition coefficient (Wildman–Crippen LogP) is 3.01. The van der Waals surface area contributed by atoms with E-state index in [1.54, 1.807) is 6.07 Å². The summed E-state index contributed by atoms with van der Waals surface area (Å²) in [5.41, 5.74) is 0.671. The molecule has 104 valence electrons. The zero-order valence-corrected chi connectivity index (χ0v) is 11.0. The number of anilines is 2. The quantitative estimate of drug-likeness (QED) is 0.762. The summed E-state index contributed by atoms with van der Waals surface area (Å²) in [6.45, 7) is -0.511. The van der Waals surface area contributed by atoms with Crippen LogP contribution >= 0.6 is 11.6 Å². The molecule has 0 spiro atoms. The van der Waals surface area contributed by atoms with Gasteiger partial charge in [-0.25, -0.2) is 14.2 Å². The summed E-state index contributed by atoms with van der Waals surface area (Å²) in [4.78, 5) is 15.6. The lowest BCUT2D eigenvalue weighted by atomic mass is 10.2. The minimum atomic E-state index is -0.586. The van der Waals surface area contributed by atoms with Gasteiger partial charge in [-0.3, -0.25) is 0 Å². The summed E-state index contributed by atoms with van der Waals surface area (Å²) in [7, 11) is 0. The van der Waals surface area contributed by atoms with Crippen molar-refractivity contribution in [2.75, 3.05) is 10.6 Å². The van der Waals surface area contributed by atoms with Crippen molar-refractivity contribution in [1.29, 1.82) is 0 Å². The largest absolute Gasteiger partial charge is 0.391 e. The number of rotatable bonds is 3. The summed E-state index contributed by atoms with van der Waals surface area (Å²) >= 11 is 5.69. The number of nitrogens with zero attached hydrogens (tertiary/aromatic N) is 1. The Kier molecular flexibility index (Phi) is 4.49. The molecule has 1 heterocycles. The fourth-order valence-corrected chi connectivity index (χ4v) is 1.78. The molecular formula is C13H11ClFN3O2. The molecule has 0 bridgehead atoms. The van der Waals surface area contributed by atoms with Crippen molar-refractivity contribution < 1.29 is 14.3 Å².